The maximum Gasteiger partial charge on any atom is 0.223 e. The number of nitrogens with zero attached hydrogens (tertiary/aromatic N) is 1. The highest BCUT2D eigenvalue weighted by Gasteiger charge is 2.18. The summed E-state index contributed by atoms with van der Waals surface area (Å²) in [5.74, 6) is -0.191. The van der Waals surface area contributed by atoms with Crippen molar-refractivity contribution in [3.05, 3.63) is 36.1 Å². The highest BCUT2D eigenvalue weighted by Crippen LogP contribution is 2.21. The summed E-state index contributed by atoms with van der Waals surface area (Å²) in [6, 6.07) is 7.46. The minimum absolute atomic E-state index is 0.00782. The van der Waals surface area contributed by atoms with Crippen molar-refractivity contribution in [1.82, 2.24) is 10.2 Å². The number of carbonyl (C=O) groups excluding carboxylic acids is 2. The van der Waals surface area contributed by atoms with E-state index >= 15 is 0 Å². The van der Waals surface area contributed by atoms with Crippen molar-refractivity contribution in [2.45, 2.75) is 6.92 Å². The fourth-order valence-corrected chi connectivity index (χ4v) is 2.39. The molecule has 1 amide bonds. The lowest BCUT2D eigenvalue weighted by Crippen LogP contribution is -2.36. The van der Waals surface area contributed by atoms with Crippen molar-refractivity contribution < 1.29 is 14.0 Å². The molecule has 2 rings (SSSR count). The predicted octanol–water partition coefficient (Wildman–Crippen LogP) is 1.93. The molecule has 0 saturated heterocycles. The number of Topliss-reactive ketones (excluding diaryl/α,β-unsaturated/α-hetero) is 1. The molecule has 1 heterocycles. The predicted molar refractivity (Wildman–Crippen MR) is 81.3 cm³/mol. The van der Waals surface area contributed by atoms with Gasteiger partial charge >= 0.3 is 0 Å². The minimum atomic E-state index is -0.158. The summed E-state index contributed by atoms with van der Waals surface area (Å²) >= 11 is 0. The highest BCUT2D eigenvalue weighted by molar-refractivity contribution is 6.08. The number of furan rings is 1. The zero-order valence-electron chi connectivity index (χ0n) is 12.6. The smallest absolute Gasteiger partial charge is 0.223 e. The molecule has 0 aliphatic rings. The molecule has 1 atom stereocenters. The number of benzene rings is 1. The van der Waals surface area contributed by atoms with Crippen LogP contribution in [0.3, 0.4) is 0 Å². The van der Waals surface area contributed by atoms with Crippen LogP contribution in [0.15, 0.2) is 34.9 Å². The Balaban J connectivity index is 2.03. The molecule has 21 heavy (non-hydrogen) atoms. The van der Waals surface area contributed by atoms with Gasteiger partial charge in [-0.15, -0.1) is 0 Å². The van der Waals surface area contributed by atoms with Gasteiger partial charge in [0.2, 0.25) is 5.91 Å². The lowest BCUT2D eigenvalue weighted by molar-refractivity contribution is -0.124. The van der Waals surface area contributed by atoms with Gasteiger partial charge in [0.25, 0.3) is 0 Å². The van der Waals surface area contributed by atoms with E-state index in [2.05, 4.69) is 5.32 Å². The second-order valence-electron chi connectivity index (χ2n) is 5.28. The average Bonchev–Trinajstić information content (AvgIpc) is 2.90. The molecule has 5 heteroatoms. The van der Waals surface area contributed by atoms with Crippen molar-refractivity contribution in [3.8, 4) is 0 Å². The van der Waals surface area contributed by atoms with Crippen molar-refractivity contribution in [2.75, 3.05) is 27.2 Å². The average molecular weight is 288 g/mol. The van der Waals surface area contributed by atoms with Gasteiger partial charge in [0, 0.05) is 24.9 Å². The summed E-state index contributed by atoms with van der Waals surface area (Å²) in [6.07, 6.45) is 1.50. The molecular weight excluding hydrogens is 268 g/mol. The molecule has 1 aromatic carbocycles. The Kier molecular flexibility index (Phi) is 4.75. The maximum absolute atomic E-state index is 12.3. The van der Waals surface area contributed by atoms with Gasteiger partial charge in [-0.25, -0.2) is 0 Å². The van der Waals surface area contributed by atoms with Crippen LogP contribution in [-0.4, -0.2) is 43.8 Å². The van der Waals surface area contributed by atoms with Crippen LogP contribution in [0.2, 0.25) is 0 Å². The lowest BCUT2D eigenvalue weighted by atomic mass is 10.1. The molecule has 2 aromatic rings. The fourth-order valence-electron chi connectivity index (χ4n) is 2.39. The topological polar surface area (TPSA) is 62.6 Å². The first-order chi connectivity index (χ1) is 10.0. The summed E-state index contributed by atoms with van der Waals surface area (Å²) in [4.78, 5) is 25.7. The monoisotopic (exact) mass is 288 g/mol. The molecule has 0 radical (unpaired) electrons. The molecule has 0 saturated carbocycles. The number of hydrogen-bond acceptors (Lipinski definition) is 4. The highest BCUT2D eigenvalue weighted by atomic mass is 16.3. The van der Waals surface area contributed by atoms with E-state index in [0.29, 0.717) is 17.7 Å². The summed E-state index contributed by atoms with van der Waals surface area (Å²) < 4.78 is 5.38. The van der Waals surface area contributed by atoms with Crippen LogP contribution in [0.25, 0.3) is 11.0 Å². The molecule has 1 unspecified atom stereocenters. The van der Waals surface area contributed by atoms with Gasteiger partial charge < -0.3 is 9.73 Å². The Hall–Kier alpha value is -2.14. The number of hydrogen-bond donors (Lipinski definition) is 1. The van der Waals surface area contributed by atoms with Gasteiger partial charge in [0.15, 0.2) is 5.78 Å². The summed E-state index contributed by atoms with van der Waals surface area (Å²) in [5.41, 5.74) is 1.30. The Morgan fingerprint density at radius 1 is 1.33 bits per heavy atom. The zero-order chi connectivity index (χ0) is 15.4. The minimum Gasteiger partial charge on any atom is -0.464 e. The van der Waals surface area contributed by atoms with Crippen molar-refractivity contribution in [2.24, 2.45) is 5.92 Å². The third-order valence-corrected chi connectivity index (χ3v) is 3.47. The van der Waals surface area contributed by atoms with Crippen LogP contribution < -0.4 is 5.32 Å². The van der Waals surface area contributed by atoms with Crippen molar-refractivity contribution >= 4 is 22.7 Å². The Bertz CT molecular complexity index is 648. The lowest BCUT2D eigenvalue weighted by Gasteiger charge is -2.19. The molecule has 1 N–H and O–H groups in total. The molecule has 0 fully saturated rings. The van der Waals surface area contributed by atoms with Crippen molar-refractivity contribution in [1.29, 1.82) is 0 Å². The fraction of sp³-hybridized carbons (Fsp3) is 0.375. The number of para-hydroxylation sites is 1. The Morgan fingerprint density at radius 3 is 2.76 bits per heavy atom. The van der Waals surface area contributed by atoms with E-state index in [-0.39, 0.29) is 24.2 Å². The molecule has 0 bridgehead atoms. The van der Waals surface area contributed by atoms with E-state index in [9.17, 15) is 9.59 Å². The largest absolute Gasteiger partial charge is 0.464 e. The molecule has 0 spiro atoms. The standard InChI is InChI=1S/C16H20N2O3/c1-11(16(20)17-2)8-18(3)9-14(19)13-10-21-15-7-5-4-6-12(13)15/h4-7,10-11H,8-9H2,1-3H3,(H,17,20). The molecule has 0 aliphatic carbocycles. The number of amides is 1. The normalized spacial score (nSPS) is 12.6. The third kappa shape index (κ3) is 3.49. The maximum atomic E-state index is 12.3. The van der Waals surface area contributed by atoms with Gasteiger partial charge in [-0.3, -0.25) is 14.5 Å². The van der Waals surface area contributed by atoms with Crippen LogP contribution in [0.1, 0.15) is 17.3 Å². The quantitative estimate of drug-likeness (QED) is 0.825. The molecule has 5 nitrogen and oxygen atoms in total. The van der Waals surface area contributed by atoms with Crippen LogP contribution in [0.5, 0.6) is 0 Å². The first-order valence-electron chi connectivity index (χ1n) is 6.92. The van der Waals surface area contributed by atoms with Crippen LogP contribution in [0, 0.1) is 5.92 Å². The van der Waals surface area contributed by atoms with Crippen LogP contribution >= 0.6 is 0 Å². The first kappa shape index (κ1) is 15.3. The number of carbonyl (C=O) groups is 2. The molecule has 0 aliphatic heterocycles. The molecular formula is C16H20N2O3. The van der Waals surface area contributed by atoms with E-state index in [0.717, 1.165) is 5.39 Å². The Labute approximate surface area is 123 Å². The van der Waals surface area contributed by atoms with Crippen LogP contribution in [0.4, 0.5) is 0 Å². The van der Waals surface area contributed by atoms with E-state index < -0.39 is 0 Å². The summed E-state index contributed by atoms with van der Waals surface area (Å²) in [5, 5.41) is 3.44. The number of nitrogens with one attached hydrogen (secondary N) is 1. The van der Waals surface area contributed by atoms with Gasteiger partial charge in [-0.05, 0) is 13.1 Å². The second-order valence-corrected chi connectivity index (χ2v) is 5.28. The number of rotatable bonds is 6. The van der Waals surface area contributed by atoms with E-state index in [1.54, 1.807) is 7.05 Å². The number of likely N-dealkylation sites (N-methyl/N-ethyl adjacent to an activating group) is 1. The van der Waals surface area contributed by atoms with Gasteiger partial charge in [0.1, 0.15) is 11.8 Å². The molecule has 112 valence electrons. The SMILES string of the molecule is CNC(=O)C(C)CN(C)CC(=O)c1coc2ccccc12. The summed E-state index contributed by atoms with van der Waals surface area (Å²) in [6.45, 7) is 2.62. The third-order valence-electron chi connectivity index (χ3n) is 3.47. The molecule has 1 aromatic heterocycles. The van der Waals surface area contributed by atoms with Gasteiger partial charge in [-0.2, -0.15) is 0 Å². The van der Waals surface area contributed by atoms with Crippen LogP contribution in [-0.2, 0) is 4.79 Å². The number of fused-ring (bicyclic) bond motifs is 1. The van der Waals surface area contributed by atoms with E-state index in [1.807, 2.05) is 43.1 Å². The second kappa shape index (κ2) is 6.54. The number of ketones is 1. The first-order valence-corrected chi connectivity index (χ1v) is 6.92. The van der Waals surface area contributed by atoms with Gasteiger partial charge in [-0.1, -0.05) is 25.1 Å². The zero-order valence-corrected chi connectivity index (χ0v) is 12.6. The van der Waals surface area contributed by atoms with Crippen molar-refractivity contribution in [3.63, 3.8) is 0 Å². The van der Waals surface area contributed by atoms with Gasteiger partial charge in [0.05, 0.1) is 12.1 Å². The van der Waals surface area contributed by atoms with E-state index in [4.69, 9.17) is 4.42 Å². The summed E-state index contributed by atoms with van der Waals surface area (Å²) in [7, 11) is 3.45. The van der Waals surface area contributed by atoms with E-state index in [1.165, 1.54) is 6.26 Å². The Morgan fingerprint density at radius 2 is 2.05 bits per heavy atom.